The molecule has 1 aliphatic rings. The van der Waals surface area contributed by atoms with E-state index in [0.29, 0.717) is 11.9 Å². The Balaban J connectivity index is 1.45. The number of hydrogen-bond acceptors (Lipinski definition) is 5. The van der Waals surface area contributed by atoms with Crippen LogP contribution in [0.3, 0.4) is 0 Å². The number of aromatic nitrogens is 3. The summed E-state index contributed by atoms with van der Waals surface area (Å²) in [7, 11) is 0. The summed E-state index contributed by atoms with van der Waals surface area (Å²) in [6.07, 6.45) is 2.66. The summed E-state index contributed by atoms with van der Waals surface area (Å²) in [5, 5.41) is 13.6. The van der Waals surface area contributed by atoms with Crippen LogP contribution in [0.25, 0.3) is 5.69 Å². The van der Waals surface area contributed by atoms with E-state index in [2.05, 4.69) is 20.7 Å². The Labute approximate surface area is 149 Å². The van der Waals surface area contributed by atoms with E-state index < -0.39 is 0 Å². The monoisotopic (exact) mass is 353 g/mol. The van der Waals surface area contributed by atoms with Gasteiger partial charge < -0.3 is 10.6 Å². The maximum absolute atomic E-state index is 12.4. The van der Waals surface area contributed by atoms with Crippen molar-refractivity contribution in [3.8, 4) is 5.69 Å². The molecule has 1 fully saturated rings. The third-order valence-electron chi connectivity index (χ3n) is 3.90. The van der Waals surface area contributed by atoms with Crippen molar-refractivity contribution in [2.24, 2.45) is 0 Å². The first kappa shape index (κ1) is 15.8. The van der Waals surface area contributed by atoms with Gasteiger partial charge in [0.25, 0.3) is 0 Å². The lowest BCUT2D eigenvalue weighted by Gasteiger charge is -2.08. The van der Waals surface area contributed by atoms with Crippen LogP contribution in [0.15, 0.2) is 41.8 Å². The van der Waals surface area contributed by atoms with E-state index >= 15 is 0 Å². The second kappa shape index (κ2) is 6.68. The molecule has 0 saturated heterocycles. The van der Waals surface area contributed by atoms with Crippen molar-refractivity contribution in [2.45, 2.75) is 32.2 Å². The fraction of sp³-hybridized carbons (Fsp3) is 0.278. The minimum absolute atomic E-state index is 0.0969. The number of carbonyl (C=O) groups is 1. The third-order valence-corrected chi connectivity index (χ3v) is 4.72. The average molecular weight is 353 g/mol. The van der Waals surface area contributed by atoms with Gasteiger partial charge in [-0.3, -0.25) is 4.79 Å². The highest BCUT2D eigenvalue weighted by Gasteiger charge is 2.22. The van der Waals surface area contributed by atoms with E-state index in [1.165, 1.54) is 12.8 Å². The predicted octanol–water partition coefficient (Wildman–Crippen LogP) is 3.39. The lowest BCUT2D eigenvalue weighted by molar-refractivity contribution is -0.115. The number of nitrogens with zero attached hydrogens (tertiary/aromatic N) is 3. The van der Waals surface area contributed by atoms with Gasteiger partial charge in [-0.25, -0.2) is 9.67 Å². The summed E-state index contributed by atoms with van der Waals surface area (Å²) in [6, 6.07) is 12.2. The molecule has 3 aromatic rings. The summed E-state index contributed by atoms with van der Waals surface area (Å²) < 4.78 is 1.74. The van der Waals surface area contributed by atoms with Crippen LogP contribution in [-0.4, -0.2) is 26.7 Å². The van der Waals surface area contributed by atoms with Crippen LogP contribution in [0, 0.1) is 6.92 Å². The summed E-state index contributed by atoms with van der Waals surface area (Å²) in [5.74, 6) is 0.570. The number of hydrogen-bond donors (Lipinski definition) is 2. The van der Waals surface area contributed by atoms with Crippen LogP contribution < -0.4 is 10.6 Å². The molecule has 2 heterocycles. The Morgan fingerprint density at radius 1 is 1.32 bits per heavy atom. The summed E-state index contributed by atoms with van der Waals surface area (Å²) >= 11 is 1.55. The van der Waals surface area contributed by atoms with Crippen molar-refractivity contribution >= 4 is 28.2 Å². The number of benzene rings is 1. The first-order valence-corrected chi connectivity index (χ1v) is 9.18. The van der Waals surface area contributed by atoms with Gasteiger partial charge in [-0.05, 0) is 31.9 Å². The maximum atomic E-state index is 12.4. The molecule has 0 aliphatic heterocycles. The van der Waals surface area contributed by atoms with Gasteiger partial charge in [-0.15, -0.1) is 11.3 Å². The van der Waals surface area contributed by atoms with E-state index in [1.807, 2.05) is 48.7 Å². The minimum Gasteiger partial charge on any atom is -0.359 e. The van der Waals surface area contributed by atoms with Crippen LogP contribution >= 0.6 is 11.3 Å². The van der Waals surface area contributed by atoms with Gasteiger partial charge >= 0.3 is 0 Å². The summed E-state index contributed by atoms with van der Waals surface area (Å²) in [6.45, 7) is 1.91. The Hall–Kier alpha value is -2.67. The lowest BCUT2D eigenvalue weighted by atomic mass is 10.3. The molecule has 2 aromatic heterocycles. The highest BCUT2D eigenvalue weighted by atomic mass is 32.1. The smallest absolute Gasteiger partial charge is 0.231 e. The lowest BCUT2D eigenvalue weighted by Crippen LogP contribution is -2.17. The zero-order valence-corrected chi connectivity index (χ0v) is 14.7. The van der Waals surface area contributed by atoms with E-state index in [4.69, 9.17) is 0 Å². The van der Waals surface area contributed by atoms with Crippen LogP contribution in [0.4, 0.5) is 10.9 Å². The molecule has 7 heteroatoms. The van der Waals surface area contributed by atoms with Crippen molar-refractivity contribution in [3.63, 3.8) is 0 Å². The van der Waals surface area contributed by atoms with Crippen LogP contribution in [0.2, 0.25) is 0 Å². The average Bonchev–Trinajstić information content (AvgIpc) is 3.18. The number of rotatable bonds is 6. The zero-order valence-electron chi connectivity index (χ0n) is 13.9. The highest BCUT2D eigenvalue weighted by molar-refractivity contribution is 7.13. The van der Waals surface area contributed by atoms with Gasteiger partial charge in [0.1, 0.15) is 5.82 Å². The molecule has 4 rings (SSSR count). The molecule has 128 valence electrons. The van der Waals surface area contributed by atoms with Gasteiger partial charge in [-0.1, -0.05) is 18.2 Å². The van der Waals surface area contributed by atoms with E-state index in [1.54, 1.807) is 16.0 Å². The molecule has 1 saturated carbocycles. The Kier molecular flexibility index (Phi) is 4.23. The van der Waals surface area contributed by atoms with Crippen LogP contribution in [0.5, 0.6) is 0 Å². The molecule has 25 heavy (non-hydrogen) atoms. The fourth-order valence-corrected chi connectivity index (χ4v) is 3.35. The standard InChI is InChI=1S/C18H19N5OS/c1-12-9-16(23(22-12)15-5-3-2-4-6-15)21-17(24)10-14-11-25-18(20-14)19-13-7-8-13/h2-6,9,11,13H,7-8,10H2,1H3,(H,19,20)(H,21,24). The van der Waals surface area contributed by atoms with E-state index in [-0.39, 0.29) is 12.3 Å². The number of amides is 1. The van der Waals surface area contributed by atoms with Crippen molar-refractivity contribution in [1.29, 1.82) is 0 Å². The second-order valence-corrected chi connectivity index (χ2v) is 7.06. The molecule has 0 atom stereocenters. The Morgan fingerprint density at radius 2 is 2.12 bits per heavy atom. The molecular weight excluding hydrogens is 334 g/mol. The van der Waals surface area contributed by atoms with Gasteiger partial charge in [0.2, 0.25) is 5.91 Å². The number of aryl methyl sites for hydroxylation is 1. The summed E-state index contributed by atoms with van der Waals surface area (Å²) in [5.41, 5.74) is 2.55. The van der Waals surface area contributed by atoms with Crippen LogP contribution in [0.1, 0.15) is 24.2 Å². The van der Waals surface area contributed by atoms with Crippen molar-refractivity contribution < 1.29 is 4.79 Å². The first-order valence-electron chi connectivity index (χ1n) is 8.30. The van der Waals surface area contributed by atoms with Crippen LogP contribution in [-0.2, 0) is 11.2 Å². The van der Waals surface area contributed by atoms with Gasteiger partial charge in [0, 0.05) is 17.5 Å². The van der Waals surface area contributed by atoms with E-state index in [9.17, 15) is 4.79 Å². The molecule has 1 aliphatic carbocycles. The number of anilines is 2. The molecule has 0 bridgehead atoms. The van der Waals surface area contributed by atoms with Gasteiger partial charge in [0.15, 0.2) is 5.13 Å². The Morgan fingerprint density at radius 3 is 2.88 bits per heavy atom. The molecule has 6 nitrogen and oxygen atoms in total. The molecular formula is C18H19N5OS. The highest BCUT2D eigenvalue weighted by Crippen LogP contribution is 2.26. The third kappa shape index (κ3) is 3.88. The predicted molar refractivity (Wildman–Crippen MR) is 99.4 cm³/mol. The van der Waals surface area contributed by atoms with Gasteiger partial charge in [-0.2, -0.15) is 5.10 Å². The summed E-state index contributed by atoms with van der Waals surface area (Å²) in [4.78, 5) is 16.9. The number of nitrogens with one attached hydrogen (secondary N) is 2. The SMILES string of the molecule is Cc1cc(NC(=O)Cc2csc(NC3CC3)n2)n(-c2ccccc2)n1. The molecule has 0 unspecified atom stereocenters. The molecule has 0 spiro atoms. The van der Waals surface area contributed by atoms with E-state index in [0.717, 1.165) is 22.2 Å². The minimum atomic E-state index is -0.0969. The molecule has 1 amide bonds. The Bertz CT molecular complexity index is 882. The number of thiazole rings is 1. The number of carbonyl (C=O) groups excluding carboxylic acids is 1. The topological polar surface area (TPSA) is 71.8 Å². The largest absolute Gasteiger partial charge is 0.359 e. The number of para-hydroxylation sites is 1. The molecule has 0 radical (unpaired) electrons. The van der Waals surface area contributed by atoms with Crippen molar-refractivity contribution in [2.75, 3.05) is 10.6 Å². The quantitative estimate of drug-likeness (QED) is 0.712. The molecule has 1 aromatic carbocycles. The molecule has 2 N–H and O–H groups in total. The van der Waals surface area contributed by atoms with Crippen molar-refractivity contribution in [3.05, 3.63) is 53.2 Å². The fourth-order valence-electron chi connectivity index (χ4n) is 2.56. The van der Waals surface area contributed by atoms with Crippen molar-refractivity contribution in [1.82, 2.24) is 14.8 Å². The first-order chi connectivity index (χ1) is 12.2. The normalized spacial score (nSPS) is 13.6. The zero-order chi connectivity index (χ0) is 17.2. The van der Waals surface area contributed by atoms with Gasteiger partial charge in [0.05, 0.1) is 23.5 Å². The maximum Gasteiger partial charge on any atom is 0.231 e. The second-order valence-electron chi connectivity index (χ2n) is 6.21.